The van der Waals surface area contributed by atoms with Gasteiger partial charge in [-0.05, 0) is 63.1 Å². The van der Waals surface area contributed by atoms with E-state index in [0.29, 0.717) is 25.1 Å². The smallest absolute Gasteiger partial charge is 0.323 e. The molecule has 0 saturated carbocycles. The average Bonchev–Trinajstić information content (AvgIpc) is 3.39. The molecule has 1 aromatic carbocycles. The lowest BCUT2D eigenvalue weighted by molar-refractivity contribution is -0.146. The lowest BCUT2D eigenvalue weighted by atomic mass is 10.1. The summed E-state index contributed by atoms with van der Waals surface area (Å²) < 4.78 is 5.02. The summed E-state index contributed by atoms with van der Waals surface area (Å²) in [6.45, 7) is 7.46. The highest BCUT2D eigenvalue weighted by Gasteiger charge is 2.38. The number of methoxy groups -OCH3 is 1. The predicted molar refractivity (Wildman–Crippen MR) is 119 cm³/mol. The van der Waals surface area contributed by atoms with E-state index in [4.69, 9.17) is 4.74 Å². The molecule has 0 aliphatic carbocycles. The first-order valence-electron chi connectivity index (χ1n) is 10.1. The zero-order chi connectivity index (χ0) is 21.4. The predicted octanol–water partition coefficient (Wildman–Crippen LogP) is 3.70. The van der Waals surface area contributed by atoms with Crippen molar-refractivity contribution in [1.29, 1.82) is 0 Å². The summed E-state index contributed by atoms with van der Waals surface area (Å²) in [4.78, 5) is 33.1. The molecule has 2 aromatic heterocycles. The molecule has 3 heterocycles. The minimum Gasteiger partial charge on any atom is -0.468 e. The van der Waals surface area contributed by atoms with Crippen LogP contribution < -0.4 is 5.32 Å². The molecule has 3 aromatic rings. The summed E-state index contributed by atoms with van der Waals surface area (Å²) in [5, 5.41) is 4.18. The largest absolute Gasteiger partial charge is 0.468 e. The molecule has 2 N–H and O–H groups in total. The number of aromatic nitrogens is 1. The lowest BCUT2D eigenvalue weighted by Gasteiger charge is -2.21. The van der Waals surface area contributed by atoms with Crippen molar-refractivity contribution in [3.05, 3.63) is 56.9 Å². The Labute approximate surface area is 180 Å². The first kappa shape index (κ1) is 20.6. The van der Waals surface area contributed by atoms with Gasteiger partial charge in [0.05, 0.1) is 7.11 Å². The highest BCUT2D eigenvalue weighted by atomic mass is 32.1. The van der Waals surface area contributed by atoms with Gasteiger partial charge in [-0.25, -0.2) is 0 Å². The van der Waals surface area contributed by atoms with E-state index in [1.54, 1.807) is 11.3 Å². The second-order valence-electron chi connectivity index (χ2n) is 8.02. The van der Waals surface area contributed by atoms with E-state index in [-0.39, 0.29) is 24.0 Å². The molecule has 0 bridgehead atoms. The van der Waals surface area contributed by atoms with Crippen LogP contribution in [-0.4, -0.2) is 47.5 Å². The van der Waals surface area contributed by atoms with Crippen molar-refractivity contribution >= 4 is 34.1 Å². The van der Waals surface area contributed by atoms with Crippen LogP contribution in [0.2, 0.25) is 0 Å². The van der Waals surface area contributed by atoms with Gasteiger partial charge in [0.2, 0.25) is 0 Å². The number of rotatable bonds is 5. The standard InChI is InChI=1S/C23H27N3O3S/c1-13-5-7-18(30-13)12-26-11-17(10-21(26)23(28)29-4)25-22(27)16-6-8-20-19(9-16)14(2)15(3)24-20/h5-9,17,21,24H,10-12H2,1-4H3,(H,25,27)/t17-,21-/m0/s1. The van der Waals surface area contributed by atoms with E-state index in [9.17, 15) is 9.59 Å². The normalized spacial score (nSPS) is 19.3. The number of aromatic amines is 1. The summed E-state index contributed by atoms with van der Waals surface area (Å²) in [5.74, 6) is -0.363. The van der Waals surface area contributed by atoms with Gasteiger partial charge in [0, 0.05) is 51.0 Å². The molecular formula is C23H27N3O3S. The summed E-state index contributed by atoms with van der Waals surface area (Å²) >= 11 is 1.73. The van der Waals surface area contributed by atoms with Gasteiger partial charge in [-0.3, -0.25) is 14.5 Å². The highest BCUT2D eigenvalue weighted by molar-refractivity contribution is 7.11. The van der Waals surface area contributed by atoms with Crippen molar-refractivity contribution in [3.8, 4) is 0 Å². The minimum atomic E-state index is -0.347. The second kappa shape index (κ2) is 8.24. The van der Waals surface area contributed by atoms with Crippen molar-refractivity contribution in [3.63, 3.8) is 0 Å². The molecular weight excluding hydrogens is 398 g/mol. The number of thiophene rings is 1. The number of hydrogen-bond donors (Lipinski definition) is 2. The van der Waals surface area contributed by atoms with E-state index >= 15 is 0 Å². The average molecular weight is 426 g/mol. The van der Waals surface area contributed by atoms with Crippen molar-refractivity contribution in [2.45, 2.75) is 45.8 Å². The summed E-state index contributed by atoms with van der Waals surface area (Å²) in [5.41, 5.74) is 3.93. The zero-order valence-electron chi connectivity index (χ0n) is 17.7. The number of H-pyrrole nitrogens is 1. The number of carbonyl (C=O) groups is 2. The third-order valence-electron chi connectivity index (χ3n) is 5.94. The van der Waals surface area contributed by atoms with Crippen LogP contribution in [0.25, 0.3) is 10.9 Å². The molecule has 4 rings (SSSR count). The monoisotopic (exact) mass is 425 g/mol. The number of fused-ring (bicyclic) bond motifs is 1. The Hall–Kier alpha value is -2.64. The Morgan fingerprint density at radius 2 is 2.03 bits per heavy atom. The summed E-state index contributed by atoms with van der Waals surface area (Å²) in [6, 6.07) is 9.45. The number of carbonyl (C=O) groups excluding carboxylic acids is 2. The van der Waals surface area contributed by atoms with Gasteiger partial charge in [0.1, 0.15) is 6.04 Å². The third kappa shape index (κ3) is 4.00. The maximum atomic E-state index is 12.9. The summed E-state index contributed by atoms with van der Waals surface area (Å²) in [6.07, 6.45) is 0.549. The van der Waals surface area contributed by atoms with Crippen LogP contribution in [-0.2, 0) is 16.1 Å². The Kier molecular flexibility index (Phi) is 5.66. The van der Waals surface area contributed by atoms with Crippen LogP contribution in [0, 0.1) is 20.8 Å². The molecule has 0 unspecified atom stereocenters. The Balaban J connectivity index is 1.49. The lowest BCUT2D eigenvalue weighted by Crippen LogP contribution is -2.37. The molecule has 0 spiro atoms. The van der Waals surface area contributed by atoms with Gasteiger partial charge in [-0.1, -0.05) is 0 Å². The van der Waals surface area contributed by atoms with Gasteiger partial charge < -0.3 is 15.0 Å². The first-order chi connectivity index (χ1) is 14.4. The van der Waals surface area contributed by atoms with Crippen LogP contribution in [0.4, 0.5) is 0 Å². The van der Waals surface area contributed by atoms with Crippen LogP contribution in [0.3, 0.4) is 0 Å². The first-order valence-corrected chi connectivity index (χ1v) is 10.9. The van der Waals surface area contributed by atoms with Crippen LogP contribution in [0.1, 0.15) is 37.8 Å². The van der Waals surface area contributed by atoms with Crippen LogP contribution >= 0.6 is 11.3 Å². The third-order valence-corrected chi connectivity index (χ3v) is 6.92. The molecule has 6 nitrogen and oxygen atoms in total. The Morgan fingerprint density at radius 3 is 2.73 bits per heavy atom. The molecule has 2 atom stereocenters. The van der Waals surface area contributed by atoms with Crippen molar-refractivity contribution in [2.75, 3.05) is 13.7 Å². The van der Waals surface area contributed by atoms with E-state index in [1.807, 2.05) is 25.1 Å². The number of likely N-dealkylation sites (tertiary alicyclic amines) is 1. The molecule has 30 heavy (non-hydrogen) atoms. The Bertz CT molecular complexity index is 1100. The SMILES string of the molecule is COC(=O)[C@@H]1C[C@H](NC(=O)c2ccc3[nH]c(C)c(C)c3c2)CN1Cc1ccc(C)s1. The van der Waals surface area contributed by atoms with Gasteiger partial charge in [-0.2, -0.15) is 0 Å². The maximum Gasteiger partial charge on any atom is 0.323 e. The fraction of sp³-hybridized carbons (Fsp3) is 0.391. The van der Waals surface area contributed by atoms with E-state index in [1.165, 1.54) is 16.9 Å². The zero-order valence-corrected chi connectivity index (χ0v) is 18.6. The molecule has 1 amide bonds. The van der Waals surface area contributed by atoms with Gasteiger partial charge >= 0.3 is 5.97 Å². The van der Waals surface area contributed by atoms with E-state index < -0.39 is 0 Å². The van der Waals surface area contributed by atoms with Gasteiger partial charge in [-0.15, -0.1) is 11.3 Å². The minimum absolute atomic E-state index is 0.104. The number of benzene rings is 1. The fourth-order valence-electron chi connectivity index (χ4n) is 4.21. The van der Waals surface area contributed by atoms with Gasteiger partial charge in [0.15, 0.2) is 0 Å². The fourth-order valence-corrected chi connectivity index (χ4v) is 5.12. The molecule has 1 fully saturated rings. The highest BCUT2D eigenvalue weighted by Crippen LogP contribution is 2.26. The quantitative estimate of drug-likeness (QED) is 0.612. The van der Waals surface area contributed by atoms with Crippen molar-refractivity contribution in [1.82, 2.24) is 15.2 Å². The maximum absolute atomic E-state index is 12.9. The molecule has 0 radical (unpaired) electrons. The molecule has 7 heteroatoms. The van der Waals surface area contributed by atoms with E-state index in [0.717, 1.165) is 22.2 Å². The molecule has 158 valence electrons. The topological polar surface area (TPSA) is 74.4 Å². The number of esters is 1. The number of aryl methyl sites for hydroxylation is 3. The number of ether oxygens (including phenoxy) is 1. The number of amides is 1. The van der Waals surface area contributed by atoms with Gasteiger partial charge in [0.25, 0.3) is 5.91 Å². The Morgan fingerprint density at radius 1 is 1.23 bits per heavy atom. The van der Waals surface area contributed by atoms with E-state index in [2.05, 4.69) is 41.2 Å². The van der Waals surface area contributed by atoms with Crippen molar-refractivity contribution in [2.24, 2.45) is 0 Å². The molecule has 1 aliphatic rings. The second-order valence-corrected chi connectivity index (χ2v) is 9.39. The van der Waals surface area contributed by atoms with Crippen LogP contribution in [0.5, 0.6) is 0 Å². The molecule has 1 aliphatic heterocycles. The molecule has 1 saturated heterocycles. The number of nitrogens with zero attached hydrogens (tertiary/aromatic N) is 1. The van der Waals surface area contributed by atoms with Crippen LogP contribution in [0.15, 0.2) is 30.3 Å². The summed E-state index contributed by atoms with van der Waals surface area (Å²) in [7, 11) is 1.41. The van der Waals surface area contributed by atoms with Crippen molar-refractivity contribution < 1.29 is 14.3 Å². The number of hydrogen-bond acceptors (Lipinski definition) is 5. The number of nitrogens with one attached hydrogen (secondary N) is 2.